The van der Waals surface area contributed by atoms with Gasteiger partial charge >= 0.3 is 0 Å². The largest absolute Gasteiger partial charge is 0.360 e. The number of aryl methyl sites for hydroxylation is 1. The number of likely N-dealkylation sites (N-methyl/N-ethyl adjacent to an activating group) is 1. The predicted octanol–water partition coefficient (Wildman–Crippen LogP) is 5.84. The lowest BCUT2D eigenvalue weighted by Gasteiger charge is -2.26. The van der Waals surface area contributed by atoms with Gasteiger partial charge in [-0.2, -0.15) is 10.4 Å². The van der Waals surface area contributed by atoms with Gasteiger partial charge in [0.2, 0.25) is 0 Å². The van der Waals surface area contributed by atoms with E-state index in [1.165, 1.54) is 16.7 Å². The fourth-order valence-corrected chi connectivity index (χ4v) is 5.28. The maximum absolute atomic E-state index is 9.49. The molecule has 0 N–H and O–H groups in total. The first-order valence-corrected chi connectivity index (χ1v) is 15.2. The molecule has 0 fully saturated rings. The zero-order valence-corrected chi connectivity index (χ0v) is 21.4. The van der Waals surface area contributed by atoms with Crippen molar-refractivity contribution < 1.29 is 4.74 Å². The molecule has 0 radical (unpaired) electrons. The number of hydrogen-bond donors (Lipinski definition) is 0. The Kier molecular flexibility index (Phi) is 6.46. The smallest absolute Gasteiger partial charge is 0.140 e. The number of aromatic nitrogens is 2. The van der Waals surface area contributed by atoms with E-state index in [4.69, 9.17) is 21.4 Å². The minimum atomic E-state index is -1.16. The maximum Gasteiger partial charge on any atom is 0.140 e. The van der Waals surface area contributed by atoms with Gasteiger partial charge in [0.15, 0.2) is 0 Å². The number of fused-ring (bicyclic) bond motifs is 2. The molecule has 2 aromatic carbocycles. The maximum atomic E-state index is 9.49. The SMILES string of the molecule is Cc1cc(-c2nn(COCC[Si](C)(C)C)c3cc(C#N)c(Cl)cc23)cc2c1CCN(C)C2. The summed E-state index contributed by atoms with van der Waals surface area (Å²) in [7, 11) is 0.999. The second kappa shape index (κ2) is 8.99. The summed E-state index contributed by atoms with van der Waals surface area (Å²) in [5, 5.41) is 15.8. The second-order valence-electron chi connectivity index (χ2n) is 10.1. The Morgan fingerprint density at radius 1 is 1.22 bits per heavy atom. The fraction of sp³-hybridized carbons (Fsp3) is 0.440. The molecule has 32 heavy (non-hydrogen) atoms. The zero-order chi connectivity index (χ0) is 23.0. The van der Waals surface area contributed by atoms with Crippen molar-refractivity contribution in [3.8, 4) is 17.3 Å². The first kappa shape index (κ1) is 23.0. The van der Waals surface area contributed by atoms with Crippen molar-refractivity contribution in [2.24, 2.45) is 0 Å². The van der Waals surface area contributed by atoms with E-state index >= 15 is 0 Å². The number of rotatable bonds is 6. The van der Waals surface area contributed by atoms with Crippen LogP contribution < -0.4 is 0 Å². The van der Waals surface area contributed by atoms with Crippen LogP contribution >= 0.6 is 11.6 Å². The van der Waals surface area contributed by atoms with Gasteiger partial charge in [0.1, 0.15) is 18.5 Å². The van der Waals surface area contributed by atoms with E-state index in [9.17, 15) is 5.26 Å². The van der Waals surface area contributed by atoms with Crippen molar-refractivity contribution in [1.29, 1.82) is 5.26 Å². The highest BCUT2D eigenvalue weighted by atomic mass is 35.5. The van der Waals surface area contributed by atoms with Crippen LogP contribution in [0.25, 0.3) is 22.2 Å². The van der Waals surface area contributed by atoms with Gasteiger partial charge in [-0.25, -0.2) is 4.68 Å². The van der Waals surface area contributed by atoms with Crippen molar-refractivity contribution in [2.75, 3.05) is 20.2 Å². The first-order chi connectivity index (χ1) is 15.2. The summed E-state index contributed by atoms with van der Waals surface area (Å²) in [6.07, 6.45) is 1.08. The van der Waals surface area contributed by atoms with E-state index in [0.717, 1.165) is 54.3 Å². The van der Waals surface area contributed by atoms with Crippen molar-refractivity contribution in [1.82, 2.24) is 14.7 Å². The number of ether oxygens (including phenoxy) is 1. The van der Waals surface area contributed by atoms with Crippen LogP contribution in [-0.2, 0) is 24.4 Å². The standard InChI is InChI=1S/C25H31ClN4OSi/c1-17-10-18(11-20-15-29(2)7-6-21(17)20)25-22-13-23(26)19(14-27)12-24(22)30(28-25)16-31-8-9-32(3,4)5/h10-13H,6-9,15-16H2,1-5H3. The number of nitriles is 1. The van der Waals surface area contributed by atoms with Gasteiger partial charge in [-0.1, -0.05) is 31.2 Å². The molecule has 2 heterocycles. The number of hydrogen-bond acceptors (Lipinski definition) is 4. The van der Waals surface area contributed by atoms with E-state index in [1.807, 2.05) is 16.8 Å². The van der Waals surface area contributed by atoms with Gasteiger partial charge in [-0.05, 0) is 67.4 Å². The first-order valence-electron chi connectivity index (χ1n) is 11.2. The molecule has 1 aliphatic rings. The second-order valence-corrected chi connectivity index (χ2v) is 16.1. The van der Waals surface area contributed by atoms with Gasteiger partial charge in [-0.3, -0.25) is 0 Å². The Bertz CT molecular complexity index is 1210. The third-order valence-corrected chi connectivity index (χ3v) is 8.21. The third-order valence-electron chi connectivity index (χ3n) is 6.19. The topological polar surface area (TPSA) is 54.1 Å². The Morgan fingerprint density at radius 2 is 2.00 bits per heavy atom. The van der Waals surface area contributed by atoms with Crippen LogP contribution in [-0.4, -0.2) is 43.0 Å². The average molecular weight is 467 g/mol. The predicted molar refractivity (Wildman–Crippen MR) is 134 cm³/mol. The molecule has 168 valence electrons. The molecule has 0 spiro atoms. The van der Waals surface area contributed by atoms with Gasteiger partial charge in [0.25, 0.3) is 0 Å². The number of benzene rings is 2. The van der Waals surface area contributed by atoms with Crippen LogP contribution in [0.2, 0.25) is 30.7 Å². The van der Waals surface area contributed by atoms with Crippen molar-refractivity contribution in [3.63, 3.8) is 0 Å². The highest BCUT2D eigenvalue weighted by Gasteiger charge is 2.20. The fourth-order valence-electron chi connectivity index (χ4n) is 4.32. The average Bonchev–Trinajstić information content (AvgIpc) is 3.06. The lowest BCUT2D eigenvalue weighted by molar-refractivity contribution is 0.0818. The van der Waals surface area contributed by atoms with Crippen LogP contribution in [0.15, 0.2) is 24.3 Å². The summed E-state index contributed by atoms with van der Waals surface area (Å²) in [5.41, 5.74) is 7.43. The van der Waals surface area contributed by atoms with Crippen LogP contribution in [0, 0.1) is 18.3 Å². The van der Waals surface area contributed by atoms with Crippen LogP contribution in [0.3, 0.4) is 0 Å². The Labute approximate surface area is 196 Å². The monoisotopic (exact) mass is 466 g/mol. The lowest BCUT2D eigenvalue weighted by atomic mass is 9.91. The molecule has 4 rings (SSSR count). The molecule has 0 saturated heterocycles. The summed E-state index contributed by atoms with van der Waals surface area (Å²) < 4.78 is 7.87. The molecule has 0 aliphatic carbocycles. The van der Waals surface area contributed by atoms with Crippen molar-refractivity contribution in [2.45, 2.75) is 52.3 Å². The summed E-state index contributed by atoms with van der Waals surface area (Å²) in [6, 6.07) is 11.5. The molecule has 0 unspecified atom stereocenters. The molecule has 1 aliphatic heterocycles. The third kappa shape index (κ3) is 4.77. The minimum absolute atomic E-state index is 0.361. The molecule has 7 heteroatoms. The summed E-state index contributed by atoms with van der Waals surface area (Å²) in [6.45, 7) is 12.3. The van der Waals surface area contributed by atoms with E-state index in [2.05, 4.69) is 56.7 Å². The molecule has 0 atom stereocenters. The van der Waals surface area contributed by atoms with Crippen LogP contribution in [0.1, 0.15) is 22.3 Å². The van der Waals surface area contributed by atoms with E-state index in [1.54, 1.807) is 0 Å². The number of nitrogens with zero attached hydrogens (tertiary/aromatic N) is 4. The van der Waals surface area contributed by atoms with E-state index < -0.39 is 8.07 Å². The molecular weight excluding hydrogens is 436 g/mol. The summed E-state index contributed by atoms with van der Waals surface area (Å²) in [4.78, 5) is 2.35. The summed E-state index contributed by atoms with van der Waals surface area (Å²) in [5.74, 6) is 0. The quantitative estimate of drug-likeness (QED) is 0.338. The van der Waals surface area contributed by atoms with Gasteiger partial charge in [-0.15, -0.1) is 0 Å². The minimum Gasteiger partial charge on any atom is -0.360 e. The van der Waals surface area contributed by atoms with Crippen LogP contribution in [0.5, 0.6) is 0 Å². The molecule has 5 nitrogen and oxygen atoms in total. The number of halogens is 1. The normalized spacial score (nSPS) is 14.5. The lowest BCUT2D eigenvalue weighted by Crippen LogP contribution is -2.27. The Balaban J connectivity index is 1.76. The van der Waals surface area contributed by atoms with Crippen molar-refractivity contribution in [3.05, 3.63) is 51.5 Å². The zero-order valence-electron chi connectivity index (χ0n) is 19.6. The molecule has 0 bridgehead atoms. The highest BCUT2D eigenvalue weighted by molar-refractivity contribution is 6.76. The molecule has 1 aromatic heterocycles. The molecular formula is C25H31ClN4OSi. The van der Waals surface area contributed by atoms with Gasteiger partial charge < -0.3 is 9.64 Å². The van der Waals surface area contributed by atoms with Gasteiger partial charge in [0.05, 0.1) is 16.1 Å². The highest BCUT2D eigenvalue weighted by Crippen LogP contribution is 2.35. The van der Waals surface area contributed by atoms with E-state index in [-0.39, 0.29) is 0 Å². The Hall–Kier alpha value is -2.17. The van der Waals surface area contributed by atoms with Crippen LogP contribution in [0.4, 0.5) is 0 Å². The van der Waals surface area contributed by atoms with Gasteiger partial charge in [0, 0.05) is 38.7 Å². The molecule has 3 aromatic rings. The summed E-state index contributed by atoms with van der Waals surface area (Å²) >= 11 is 6.42. The molecule has 0 saturated carbocycles. The van der Waals surface area contributed by atoms with Crippen molar-refractivity contribution >= 4 is 30.6 Å². The Morgan fingerprint density at radius 3 is 2.72 bits per heavy atom. The molecule has 0 amide bonds. The van der Waals surface area contributed by atoms with E-state index in [0.29, 0.717) is 17.3 Å².